The molecule has 16 heavy (non-hydrogen) atoms. The van der Waals surface area contributed by atoms with Crippen molar-refractivity contribution >= 4 is 6.08 Å². The molecular formula is C13H16FNO. The third kappa shape index (κ3) is 2.61. The smallest absolute Gasteiger partial charge is 0.129 e. The molecule has 0 atom stereocenters. The third-order valence-corrected chi connectivity index (χ3v) is 2.54. The lowest BCUT2D eigenvalue weighted by Gasteiger charge is -2.11. The number of fused-ring (bicyclic) bond motifs is 1. The zero-order valence-electron chi connectivity index (χ0n) is 9.66. The van der Waals surface area contributed by atoms with Crippen molar-refractivity contribution in [2.75, 3.05) is 27.2 Å². The van der Waals surface area contributed by atoms with Crippen molar-refractivity contribution in [3.8, 4) is 5.75 Å². The number of ether oxygens (including phenoxy) is 1. The van der Waals surface area contributed by atoms with Gasteiger partial charge in [0.2, 0.25) is 0 Å². The van der Waals surface area contributed by atoms with Crippen molar-refractivity contribution < 1.29 is 9.13 Å². The molecule has 0 fully saturated rings. The summed E-state index contributed by atoms with van der Waals surface area (Å²) >= 11 is 0. The van der Waals surface area contributed by atoms with E-state index in [-0.39, 0.29) is 5.82 Å². The summed E-state index contributed by atoms with van der Waals surface area (Å²) in [5.41, 5.74) is 2.28. The Morgan fingerprint density at radius 1 is 1.38 bits per heavy atom. The van der Waals surface area contributed by atoms with Crippen LogP contribution in [0.4, 0.5) is 4.39 Å². The molecule has 86 valence electrons. The second-order valence-corrected chi connectivity index (χ2v) is 4.32. The van der Waals surface area contributed by atoms with Gasteiger partial charge in [0, 0.05) is 24.6 Å². The van der Waals surface area contributed by atoms with Crippen LogP contribution in [-0.2, 0) is 0 Å². The Morgan fingerprint density at radius 2 is 2.19 bits per heavy atom. The minimum Gasteiger partial charge on any atom is -0.493 e. The maximum atomic E-state index is 13.0. The van der Waals surface area contributed by atoms with Gasteiger partial charge in [0.25, 0.3) is 0 Å². The van der Waals surface area contributed by atoms with Crippen molar-refractivity contribution in [1.29, 1.82) is 0 Å². The summed E-state index contributed by atoms with van der Waals surface area (Å²) in [6.07, 6.45) is 3.00. The molecule has 3 heteroatoms. The van der Waals surface area contributed by atoms with Crippen molar-refractivity contribution in [1.82, 2.24) is 4.90 Å². The first-order chi connectivity index (χ1) is 7.65. The highest BCUT2D eigenvalue weighted by molar-refractivity contribution is 5.61. The summed E-state index contributed by atoms with van der Waals surface area (Å²) in [5.74, 6) is 0.400. The van der Waals surface area contributed by atoms with E-state index < -0.39 is 0 Å². The van der Waals surface area contributed by atoms with Crippen LogP contribution in [0.2, 0.25) is 0 Å². The van der Waals surface area contributed by atoms with Gasteiger partial charge in [0.1, 0.15) is 11.6 Å². The fourth-order valence-electron chi connectivity index (χ4n) is 1.87. The Labute approximate surface area is 95.3 Å². The lowest BCUT2D eigenvalue weighted by Crippen LogP contribution is -2.15. The van der Waals surface area contributed by atoms with Crippen molar-refractivity contribution in [3.05, 3.63) is 35.2 Å². The van der Waals surface area contributed by atoms with Gasteiger partial charge in [-0.15, -0.1) is 0 Å². The zero-order valence-corrected chi connectivity index (χ0v) is 9.66. The van der Waals surface area contributed by atoms with Crippen LogP contribution < -0.4 is 4.74 Å². The molecule has 0 unspecified atom stereocenters. The van der Waals surface area contributed by atoms with Gasteiger partial charge in [0.05, 0.1) is 6.61 Å². The van der Waals surface area contributed by atoms with E-state index in [1.807, 2.05) is 14.1 Å². The van der Waals surface area contributed by atoms with Crippen LogP contribution in [0.5, 0.6) is 5.75 Å². The highest BCUT2D eigenvalue weighted by atomic mass is 19.1. The van der Waals surface area contributed by atoms with E-state index in [1.54, 1.807) is 6.07 Å². The Morgan fingerprint density at radius 3 is 2.94 bits per heavy atom. The lowest BCUT2D eigenvalue weighted by atomic mass is 10.1. The van der Waals surface area contributed by atoms with Crippen LogP contribution in [-0.4, -0.2) is 32.1 Å². The average Bonchev–Trinajstić information content (AvgIpc) is 2.38. The molecule has 1 aromatic carbocycles. The molecule has 0 aliphatic carbocycles. The number of likely N-dealkylation sites (N-methyl/N-ethyl adjacent to an activating group) is 1. The Kier molecular flexibility index (Phi) is 3.25. The average molecular weight is 221 g/mol. The quantitative estimate of drug-likeness (QED) is 0.761. The normalized spacial score (nSPS) is 15.1. The highest BCUT2D eigenvalue weighted by Crippen LogP contribution is 2.26. The second kappa shape index (κ2) is 4.66. The molecule has 0 radical (unpaired) electrons. The van der Waals surface area contributed by atoms with Gasteiger partial charge in [-0.1, -0.05) is 11.6 Å². The molecule has 1 aliphatic rings. The molecule has 0 spiro atoms. The van der Waals surface area contributed by atoms with Crippen molar-refractivity contribution in [3.63, 3.8) is 0 Å². The summed E-state index contributed by atoms with van der Waals surface area (Å²) in [6, 6.07) is 4.69. The topological polar surface area (TPSA) is 12.5 Å². The van der Waals surface area contributed by atoms with Crippen LogP contribution in [0.25, 0.3) is 6.08 Å². The first-order valence-corrected chi connectivity index (χ1v) is 5.41. The predicted octanol–water partition coefficient (Wildman–Crippen LogP) is 2.55. The van der Waals surface area contributed by atoms with E-state index in [0.717, 1.165) is 18.5 Å². The fraction of sp³-hybridized carbons (Fsp3) is 0.385. The number of hydrogen-bond acceptors (Lipinski definition) is 2. The third-order valence-electron chi connectivity index (χ3n) is 2.54. The number of nitrogens with zero attached hydrogens (tertiary/aromatic N) is 1. The molecule has 0 saturated carbocycles. The minimum absolute atomic E-state index is 0.247. The van der Waals surface area contributed by atoms with Gasteiger partial charge in [-0.3, -0.25) is 0 Å². The van der Waals surface area contributed by atoms with Gasteiger partial charge < -0.3 is 9.64 Å². The molecular weight excluding hydrogens is 205 g/mol. The Bertz CT molecular complexity index is 412. The highest BCUT2D eigenvalue weighted by Gasteiger charge is 2.10. The summed E-state index contributed by atoms with van der Waals surface area (Å²) < 4.78 is 18.6. The molecule has 1 aromatic rings. The zero-order chi connectivity index (χ0) is 11.5. The molecule has 0 amide bonds. The molecule has 2 rings (SSSR count). The number of halogens is 1. The van der Waals surface area contributed by atoms with Crippen LogP contribution in [0, 0.1) is 5.82 Å². The monoisotopic (exact) mass is 221 g/mol. The van der Waals surface area contributed by atoms with Gasteiger partial charge in [-0.25, -0.2) is 4.39 Å². The van der Waals surface area contributed by atoms with E-state index in [1.165, 1.54) is 17.7 Å². The standard InChI is InChI=1S/C13H16FNO/c1-15(2)9-10-5-6-16-13-8-12(14)4-3-11(13)7-10/h3-4,7-8H,5-6,9H2,1-2H3. The van der Waals surface area contributed by atoms with Crippen LogP contribution in [0.1, 0.15) is 12.0 Å². The predicted molar refractivity (Wildman–Crippen MR) is 63.0 cm³/mol. The molecule has 0 aromatic heterocycles. The second-order valence-electron chi connectivity index (χ2n) is 4.32. The Balaban J connectivity index is 2.29. The molecule has 2 nitrogen and oxygen atoms in total. The number of rotatable bonds is 2. The summed E-state index contributed by atoms with van der Waals surface area (Å²) in [6.45, 7) is 1.54. The van der Waals surface area contributed by atoms with E-state index in [9.17, 15) is 4.39 Å². The van der Waals surface area contributed by atoms with Gasteiger partial charge in [-0.2, -0.15) is 0 Å². The number of benzene rings is 1. The summed E-state index contributed by atoms with van der Waals surface area (Å²) in [4.78, 5) is 2.13. The van der Waals surface area contributed by atoms with Crippen molar-refractivity contribution in [2.24, 2.45) is 0 Å². The van der Waals surface area contributed by atoms with Gasteiger partial charge in [0.15, 0.2) is 0 Å². The van der Waals surface area contributed by atoms with E-state index in [2.05, 4.69) is 11.0 Å². The van der Waals surface area contributed by atoms with Crippen molar-refractivity contribution in [2.45, 2.75) is 6.42 Å². The molecule has 1 aliphatic heterocycles. The summed E-state index contributed by atoms with van der Waals surface area (Å²) in [7, 11) is 4.08. The first kappa shape index (κ1) is 11.1. The maximum Gasteiger partial charge on any atom is 0.129 e. The molecule has 0 N–H and O–H groups in total. The fourth-order valence-corrected chi connectivity index (χ4v) is 1.87. The van der Waals surface area contributed by atoms with Gasteiger partial charge in [-0.05, 0) is 26.2 Å². The number of hydrogen-bond donors (Lipinski definition) is 0. The summed E-state index contributed by atoms with van der Waals surface area (Å²) in [5, 5.41) is 0. The maximum absolute atomic E-state index is 13.0. The van der Waals surface area contributed by atoms with E-state index in [4.69, 9.17) is 4.74 Å². The molecule has 0 bridgehead atoms. The first-order valence-electron chi connectivity index (χ1n) is 5.41. The van der Waals surface area contributed by atoms with Crippen LogP contribution in [0.15, 0.2) is 23.8 Å². The lowest BCUT2D eigenvalue weighted by molar-refractivity contribution is 0.317. The largest absolute Gasteiger partial charge is 0.493 e. The Hall–Kier alpha value is -1.35. The molecule has 1 heterocycles. The van der Waals surface area contributed by atoms with Crippen LogP contribution >= 0.6 is 0 Å². The van der Waals surface area contributed by atoms with E-state index in [0.29, 0.717) is 12.4 Å². The van der Waals surface area contributed by atoms with E-state index >= 15 is 0 Å². The van der Waals surface area contributed by atoms with Crippen LogP contribution in [0.3, 0.4) is 0 Å². The SMILES string of the molecule is CN(C)CC1=Cc2ccc(F)cc2OCC1. The minimum atomic E-state index is -0.247. The molecule has 0 saturated heterocycles. The van der Waals surface area contributed by atoms with Gasteiger partial charge >= 0.3 is 0 Å².